The Bertz CT molecular complexity index is 651. The Morgan fingerprint density at radius 2 is 1.72 bits per heavy atom. The summed E-state index contributed by atoms with van der Waals surface area (Å²) in [6, 6.07) is 7.83. The first-order valence-corrected chi connectivity index (χ1v) is 9.17. The minimum atomic E-state index is -1.15. The molecule has 1 rings (SSSR count). The lowest BCUT2D eigenvalue weighted by atomic mass is 10.0. The highest BCUT2D eigenvalue weighted by Crippen LogP contribution is 2.04. The van der Waals surface area contributed by atoms with Gasteiger partial charge in [0, 0.05) is 6.54 Å². The van der Waals surface area contributed by atoms with Gasteiger partial charge in [0.1, 0.15) is 19.2 Å². The van der Waals surface area contributed by atoms with E-state index in [1.807, 2.05) is 37.3 Å². The summed E-state index contributed by atoms with van der Waals surface area (Å²) in [5, 5.41) is 15.7. The summed E-state index contributed by atoms with van der Waals surface area (Å²) in [7, 11) is 0. The van der Waals surface area contributed by atoms with E-state index in [2.05, 4.69) is 16.0 Å². The zero-order chi connectivity index (χ0) is 22.2. The molecule has 29 heavy (non-hydrogen) atoms. The van der Waals surface area contributed by atoms with Crippen LogP contribution < -0.4 is 21.7 Å². The summed E-state index contributed by atoms with van der Waals surface area (Å²) in [5.41, 5.74) is 5.56. The van der Waals surface area contributed by atoms with Crippen LogP contribution in [0.3, 0.4) is 0 Å². The summed E-state index contributed by atoms with van der Waals surface area (Å²) in [6.45, 7) is 5.72. The highest BCUT2D eigenvalue weighted by molar-refractivity contribution is 5.88. The second-order valence-electron chi connectivity index (χ2n) is 6.33. The van der Waals surface area contributed by atoms with Crippen molar-refractivity contribution in [2.75, 3.05) is 13.1 Å². The Morgan fingerprint density at radius 1 is 1.10 bits per heavy atom. The minimum absolute atomic E-state index is 0.0915. The predicted molar refractivity (Wildman–Crippen MR) is 107 cm³/mol. The maximum absolute atomic E-state index is 11.9. The van der Waals surface area contributed by atoms with Crippen molar-refractivity contribution in [2.45, 2.75) is 39.8 Å². The molecule has 0 bridgehead atoms. The number of amides is 4. The SMILES string of the molecule is CC(C)C(NC(=O)OCc1ccccc1)C(=O)NCC(=O)O.CCCNC(N)=O. The third-order valence-corrected chi connectivity index (χ3v) is 3.40. The fourth-order valence-electron chi connectivity index (χ4n) is 1.95. The van der Waals surface area contributed by atoms with E-state index in [1.54, 1.807) is 13.8 Å². The highest BCUT2D eigenvalue weighted by Gasteiger charge is 2.25. The second-order valence-corrected chi connectivity index (χ2v) is 6.33. The molecular weight excluding hydrogens is 380 g/mol. The average molecular weight is 410 g/mol. The Labute approximate surface area is 170 Å². The first kappa shape index (κ1) is 25.7. The van der Waals surface area contributed by atoms with Gasteiger partial charge in [0.15, 0.2) is 0 Å². The van der Waals surface area contributed by atoms with Crippen molar-refractivity contribution in [3.8, 4) is 0 Å². The molecule has 0 aliphatic rings. The van der Waals surface area contributed by atoms with Crippen molar-refractivity contribution in [1.29, 1.82) is 0 Å². The normalized spacial score (nSPS) is 10.8. The van der Waals surface area contributed by atoms with Crippen LogP contribution in [0.4, 0.5) is 9.59 Å². The lowest BCUT2D eigenvalue weighted by Gasteiger charge is -2.21. The van der Waals surface area contributed by atoms with E-state index in [9.17, 15) is 19.2 Å². The van der Waals surface area contributed by atoms with Crippen molar-refractivity contribution in [2.24, 2.45) is 11.7 Å². The van der Waals surface area contributed by atoms with E-state index in [0.29, 0.717) is 6.54 Å². The van der Waals surface area contributed by atoms with Crippen LogP contribution in [-0.2, 0) is 20.9 Å². The zero-order valence-corrected chi connectivity index (χ0v) is 16.9. The minimum Gasteiger partial charge on any atom is -0.480 e. The number of nitrogens with two attached hydrogens (primary N) is 1. The summed E-state index contributed by atoms with van der Waals surface area (Å²) < 4.78 is 5.04. The van der Waals surface area contributed by atoms with Crippen molar-refractivity contribution >= 4 is 24.0 Å². The quantitative estimate of drug-likeness (QED) is 0.411. The largest absolute Gasteiger partial charge is 0.480 e. The Hall–Kier alpha value is -3.30. The standard InChI is InChI=1S/C15H20N2O5.C4H10N2O/c1-10(2)13(14(20)16-8-12(18)19)17-15(21)22-9-11-6-4-3-5-7-11;1-2-3-6-4(5)7/h3-7,10,13H,8-9H2,1-2H3,(H,16,20)(H,17,21)(H,18,19);2-3H2,1H3,(H3,5,6,7). The van der Waals surface area contributed by atoms with Crippen LogP contribution in [0.5, 0.6) is 0 Å². The zero-order valence-electron chi connectivity index (χ0n) is 16.9. The van der Waals surface area contributed by atoms with Crippen LogP contribution in [0.25, 0.3) is 0 Å². The number of hydrogen-bond acceptors (Lipinski definition) is 5. The van der Waals surface area contributed by atoms with Gasteiger partial charge in [-0.15, -0.1) is 0 Å². The Morgan fingerprint density at radius 3 is 2.17 bits per heavy atom. The molecule has 0 heterocycles. The summed E-state index contributed by atoms with van der Waals surface area (Å²) in [4.78, 5) is 43.9. The monoisotopic (exact) mass is 410 g/mol. The van der Waals surface area contributed by atoms with Crippen LogP contribution in [0, 0.1) is 5.92 Å². The molecule has 0 saturated carbocycles. The first-order chi connectivity index (χ1) is 13.7. The summed E-state index contributed by atoms with van der Waals surface area (Å²) in [5.74, 6) is -1.92. The second kappa shape index (κ2) is 14.7. The third-order valence-electron chi connectivity index (χ3n) is 3.40. The molecule has 0 spiro atoms. The number of carbonyl (C=O) groups excluding carboxylic acids is 3. The Kier molecular flexibility index (Phi) is 13.0. The number of aliphatic carboxylic acids is 1. The van der Waals surface area contributed by atoms with Crippen LogP contribution in [0.2, 0.25) is 0 Å². The average Bonchev–Trinajstić information content (AvgIpc) is 2.68. The lowest BCUT2D eigenvalue weighted by molar-refractivity contribution is -0.138. The van der Waals surface area contributed by atoms with Crippen LogP contribution in [0.15, 0.2) is 30.3 Å². The molecule has 0 aliphatic heterocycles. The van der Waals surface area contributed by atoms with E-state index in [0.717, 1.165) is 12.0 Å². The molecule has 10 nitrogen and oxygen atoms in total. The van der Waals surface area contributed by atoms with E-state index in [-0.39, 0.29) is 12.5 Å². The summed E-state index contributed by atoms with van der Waals surface area (Å²) in [6.07, 6.45) is 0.205. The smallest absolute Gasteiger partial charge is 0.408 e. The van der Waals surface area contributed by atoms with E-state index in [4.69, 9.17) is 15.6 Å². The molecule has 1 atom stereocenters. The molecule has 1 unspecified atom stereocenters. The van der Waals surface area contributed by atoms with Gasteiger partial charge in [0.2, 0.25) is 5.91 Å². The molecule has 4 amide bonds. The van der Waals surface area contributed by atoms with E-state index in [1.165, 1.54) is 0 Å². The number of hydrogen-bond donors (Lipinski definition) is 5. The Balaban J connectivity index is 0.000000956. The fourth-order valence-corrected chi connectivity index (χ4v) is 1.95. The van der Waals surface area contributed by atoms with Gasteiger partial charge in [-0.2, -0.15) is 0 Å². The number of ether oxygens (including phenoxy) is 1. The van der Waals surface area contributed by atoms with Crippen molar-refractivity contribution in [1.82, 2.24) is 16.0 Å². The van der Waals surface area contributed by atoms with Gasteiger partial charge in [-0.05, 0) is 17.9 Å². The fraction of sp³-hybridized carbons (Fsp3) is 0.474. The van der Waals surface area contributed by atoms with Gasteiger partial charge in [0.05, 0.1) is 0 Å². The van der Waals surface area contributed by atoms with Crippen molar-refractivity contribution in [3.05, 3.63) is 35.9 Å². The molecule has 0 aromatic heterocycles. The molecular formula is C19H30N4O6. The molecule has 1 aromatic rings. The maximum atomic E-state index is 11.9. The van der Waals surface area contributed by atoms with Gasteiger partial charge < -0.3 is 31.5 Å². The number of carboxylic acid groups (broad SMARTS) is 1. The van der Waals surface area contributed by atoms with Gasteiger partial charge in [-0.25, -0.2) is 9.59 Å². The third kappa shape index (κ3) is 13.5. The number of primary amides is 1. The van der Waals surface area contributed by atoms with Gasteiger partial charge >= 0.3 is 18.1 Å². The number of benzene rings is 1. The van der Waals surface area contributed by atoms with Crippen LogP contribution >= 0.6 is 0 Å². The summed E-state index contributed by atoms with van der Waals surface area (Å²) >= 11 is 0. The highest BCUT2D eigenvalue weighted by atomic mass is 16.5. The number of carboxylic acids is 1. The lowest BCUT2D eigenvalue weighted by Crippen LogP contribution is -2.50. The number of carbonyl (C=O) groups is 4. The van der Waals surface area contributed by atoms with Crippen molar-refractivity contribution < 1.29 is 29.0 Å². The van der Waals surface area contributed by atoms with Gasteiger partial charge in [-0.3, -0.25) is 9.59 Å². The molecule has 1 aromatic carbocycles. The van der Waals surface area contributed by atoms with Crippen molar-refractivity contribution in [3.63, 3.8) is 0 Å². The van der Waals surface area contributed by atoms with Gasteiger partial charge in [-0.1, -0.05) is 51.1 Å². The van der Waals surface area contributed by atoms with Gasteiger partial charge in [0.25, 0.3) is 0 Å². The molecule has 162 valence electrons. The molecule has 0 radical (unpaired) electrons. The molecule has 0 saturated heterocycles. The molecule has 0 fully saturated rings. The van der Waals surface area contributed by atoms with E-state index >= 15 is 0 Å². The van der Waals surface area contributed by atoms with Crippen LogP contribution in [-0.4, -0.2) is 48.2 Å². The molecule has 0 aliphatic carbocycles. The number of alkyl carbamates (subject to hydrolysis) is 1. The number of urea groups is 1. The number of nitrogens with one attached hydrogen (secondary N) is 3. The van der Waals surface area contributed by atoms with E-state index < -0.39 is 36.6 Å². The first-order valence-electron chi connectivity index (χ1n) is 9.17. The molecule has 6 N–H and O–H groups in total. The number of rotatable bonds is 9. The predicted octanol–water partition coefficient (Wildman–Crippen LogP) is 1.20. The van der Waals surface area contributed by atoms with Crippen LogP contribution in [0.1, 0.15) is 32.8 Å². The molecule has 10 heteroatoms. The topological polar surface area (TPSA) is 160 Å². The maximum Gasteiger partial charge on any atom is 0.408 e.